The van der Waals surface area contributed by atoms with Crippen molar-refractivity contribution in [2.75, 3.05) is 5.32 Å². The van der Waals surface area contributed by atoms with Gasteiger partial charge in [0.15, 0.2) is 0 Å². The van der Waals surface area contributed by atoms with E-state index in [1.165, 1.54) is 6.20 Å². The molecule has 0 saturated carbocycles. The summed E-state index contributed by atoms with van der Waals surface area (Å²) in [5.41, 5.74) is 2.17. The summed E-state index contributed by atoms with van der Waals surface area (Å²) in [6.45, 7) is 0. The lowest BCUT2D eigenvalue weighted by Crippen LogP contribution is -2.00. The Balaban J connectivity index is 2.30. The molecule has 1 atom stereocenters. The third kappa shape index (κ3) is 3.89. The standard InChI is InChI=1S/C18H11ClN4/c19-18-8-15(23-12-13(9-20)10-21)6-7-16(18)17(11-22)14-4-2-1-3-5-14/h1-8,12,17,23H. The average Bonchev–Trinajstić information content (AvgIpc) is 2.59. The maximum Gasteiger partial charge on any atom is 0.145 e. The molecule has 110 valence electrons. The van der Waals surface area contributed by atoms with E-state index < -0.39 is 5.92 Å². The zero-order chi connectivity index (χ0) is 16.7. The van der Waals surface area contributed by atoms with Crippen LogP contribution in [0.1, 0.15) is 17.0 Å². The monoisotopic (exact) mass is 318 g/mol. The Hall–Kier alpha value is -3.26. The molecule has 0 fully saturated rings. The second kappa shape index (κ2) is 7.66. The molecule has 0 bridgehead atoms. The lowest BCUT2D eigenvalue weighted by Gasteiger charge is -2.13. The van der Waals surface area contributed by atoms with E-state index in [1.54, 1.807) is 30.3 Å². The van der Waals surface area contributed by atoms with Crippen LogP contribution < -0.4 is 5.32 Å². The molecule has 0 heterocycles. The van der Waals surface area contributed by atoms with Crippen molar-refractivity contribution in [1.82, 2.24) is 0 Å². The first kappa shape index (κ1) is 16.1. The molecule has 1 N–H and O–H groups in total. The molecule has 23 heavy (non-hydrogen) atoms. The average molecular weight is 319 g/mol. The van der Waals surface area contributed by atoms with Gasteiger partial charge in [-0.2, -0.15) is 15.8 Å². The fourth-order valence-electron chi connectivity index (χ4n) is 2.07. The number of nitriles is 3. The van der Waals surface area contributed by atoms with Crippen molar-refractivity contribution < 1.29 is 0 Å². The summed E-state index contributed by atoms with van der Waals surface area (Å²) in [5.74, 6) is -0.456. The zero-order valence-electron chi connectivity index (χ0n) is 12.0. The van der Waals surface area contributed by atoms with Crippen molar-refractivity contribution in [2.24, 2.45) is 0 Å². The van der Waals surface area contributed by atoms with Crippen molar-refractivity contribution in [3.8, 4) is 18.2 Å². The van der Waals surface area contributed by atoms with Crippen LogP contribution in [0.25, 0.3) is 0 Å². The van der Waals surface area contributed by atoms with Crippen LogP contribution in [0.5, 0.6) is 0 Å². The predicted molar refractivity (Wildman–Crippen MR) is 88.3 cm³/mol. The van der Waals surface area contributed by atoms with Crippen LogP contribution in [0.3, 0.4) is 0 Å². The van der Waals surface area contributed by atoms with Gasteiger partial charge in [0.25, 0.3) is 0 Å². The maximum atomic E-state index is 9.46. The van der Waals surface area contributed by atoms with E-state index in [2.05, 4.69) is 11.4 Å². The largest absolute Gasteiger partial charge is 0.360 e. The molecular weight excluding hydrogens is 308 g/mol. The Kier molecular flexibility index (Phi) is 5.37. The highest BCUT2D eigenvalue weighted by atomic mass is 35.5. The van der Waals surface area contributed by atoms with Crippen LogP contribution in [0.2, 0.25) is 5.02 Å². The number of halogens is 1. The van der Waals surface area contributed by atoms with Gasteiger partial charge >= 0.3 is 0 Å². The molecule has 0 aliphatic rings. The van der Waals surface area contributed by atoms with E-state index in [0.29, 0.717) is 16.3 Å². The Morgan fingerprint density at radius 3 is 2.30 bits per heavy atom. The second-order valence-electron chi connectivity index (χ2n) is 4.64. The number of anilines is 1. The van der Waals surface area contributed by atoms with Gasteiger partial charge in [-0.05, 0) is 23.3 Å². The zero-order valence-corrected chi connectivity index (χ0v) is 12.7. The first-order chi connectivity index (χ1) is 11.2. The summed E-state index contributed by atoms with van der Waals surface area (Å²) < 4.78 is 0. The van der Waals surface area contributed by atoms with Gasteiger partial charge in [0, 0.05) is 16.9 Å². The molecule has 4 nitrogen and oxygen atoms in total. The molecule has 2 aromatic carbocycles. The number of hydrogen-bond donors (Lipinski definition) is 1. The number of allylic oxidation sites excluding steroid dienone is 1. The van der Waals surface area contributed by atoms with Gasteiger partial charge in [-0.15, -0.1) is 0 Å². The van der Waals surface area contributed by atoms with E-state index in [9.17, 15) is 5.26 Å². The van der Waals surface area contributed by atoms with Crippen LogP contribution >= 0.6 is 11.6 Å². The molecule has 0 spiro atoms. The van der Waals surface area contributed by atoms with Crippen molar-refractivity contribution in [2.45, 2.75) is 5.92 Å². The number of benzene rings is 2. The van der Waals surface area contributed by atoms with Gasteiger partial charge in [0.05, 0.1) is 12.0 Å². The minimum absolute atomic E-state index is 0.0376. The predicted octanol–water partition coefficient (Wildman–Crippen LogP) is 4.34. The molecule has 2 aromatic rings. The summed E-state index contributed by atoms with van der Waals surface area (Å²) >= 11 is 6.29. The summed E-state index contributed by atoms with van der Waals surface area (Å²) in [5, 5.41) is 30.1. The Bertz CT molecular complexity index is 835. The van der Waals surface area contributed by atoms with Crippen LogP contribution in [0.4, 0.5) is 5.69 Å². The van der Waals surface area contributed by atoms with Crippen molar-refractivity contribution in [3.05, 3.63) is 76.5 Å². The van der Waals surface area contributed by atoms with Gasteiger partial charge in [-0.25, -0.2) is 0 Å². The number of nitrogens with zero attached hydrogens (tertiary/aromatic N) is 3. The smallest absolute Gasteiger partial charge is 0.145 e. The third-order valence-corrected chi connectivity index (χ3v) is 3.52. The fourth-order valence-corrected chi connectivity index (χ4v) is 2.35. The highest BCUT2D eigenvalue weighted by molar-refractivity contribution is 6.31. The molecule has 2 rings (SSSR count). The van der Waals surface area contributed by atoms with Gasteiger partial charge in [0.2, 0.25) is 0 Å². The molecule has 0 amide bonds. The second-order valence-corrected chi connectivity index (χ2v) is 5.04. The first-order valence-corrected chi connectivity index (χ1v) is 7.08. The highest BCUT2D eigenvalue weighted by Crippen LogP contribution is 2.31. The summed E-state index contributed by atoms with van der Waals surface area (Å²) in [6.07, 6.45) is 1.31. The van der Waals surface area contributed by atoms with E-state index in [1.807, 2.05) is 30.3 Å². The number of nitrogens with one attached hydrogen (secondary N) is 1. The molecule has 0 saturated heterocycles. The van der Waals surface area contributed by atoms with E-state index >= 15 is 0 Å². The van der Waals surface area contributed by atoms with Crippen molar-refractivity contribution in [1.29, 1.82) is 15.8 Å². The third-order valence-electron chi connectivity index (χ3n) is 3.20. The van der Waals surface area contributed by atoms with Gasteiger partial charge < -0.3 is 5.32 Å². The molecule has 5 heteroatoms. The number of rotatable bonds is 4. The summed E-state index contributed by atoms with van der Waals surface area (Å²) in [4.78, 5) is 0. The van der Waals surface area contributed by atoms with Crippen molar-refractivity contribution >= 4 is 17.3 Å². The van der Waals surface area contributed by atoms with Gasteiger partial charge in [-0.1, -0.05) is 48.0 Å². The molecule has 0 aliphatic heterocycles. The van der Waals surface area contributed by atoms with Gasteiger partial charge in [-0.3, -0.25) is 0 Å². The topological polar surface area (TPSA) is 83.4 Å². The minimum Gasteiger partial charge on any atom is -0.360 e. The minimum atomic E-state index is -0.456. The van der Waals surface area contributed by atoms with Crippen LogP contribution in [-0.2, 0) is 0 Å². The highest BCUT2D eigenvalue weighted by Gasteiger charge is 2.16. The summed E-state index contributed by atoms with van der Waals surface area (Å²) in [6, 6.07) is 20.3. The van der Waals surface area contributed by atoms with Gasteiger partial charge in [0.1, 0.15) is 17.7 Å². The molecule has 0 radical (unpaired) electrons. The lowest BCUT2D eigenvalue weighted by atomic mass is 9.92. The number of hydrogen-bond acceptors (Lipinski definition) is 4. The SMILES string of the molecule is N#CC(C#N)=CNc1ccc(C(C#N)c2ccccc2)c(Cl)c1. The molecule has 0 aromatic heterocycles. The molecule has 1 unspecified atom stereocenters. The fraction of sp³-hybridized carbons (Fsp3) is 0.0556. The van der Waals surface area contributed by atoms with Crippen molar-refractivity contribution in [3.63, 3.8) is 0 Å². The maximum absolute atomic E-state index is 9.46. The molecule has 0 aliphatic carbocycles. The van der Waals surface area contributed by atoms with E-state index in [0.717, 1.165) is 5.56 Å². The van der Waals surface area contributed by atoms with E-state index in [-0.39, 0.29) is 5.57 Å². The Labute approximate surface area is 139 Å². The Morgan fingerprint density at radius 1 is 1.04 bits per heavy atom. The first-order valence-electron chi connectivity index (χ1n) is 6.70. The lowest BCUT2D eigenvalue weighted by molar-refractivity contribution is 1.04. The Morgan fingerprint density at radius 2 is 1.74 bits per heavy atom. The van der Waals surface area contributed by atoms with Crippen LogP contribution in [0.15, 0.2) is 60.3 Å². The van der Waals surface area contributed by atoms with Crippen LogP contribution in [-0.4, -0.2) is 0 Å². The normalized spacial score (nSPS) is 10.5. The van der Waals surface area contributed by atoms with E-state index in [4.69, 9.17) is 22.1 Å². The molecular formula is C18H11ClN4. The quantitative estimate of drug-likeness (QED) is 0.850. The van der Waals surface area contributed by atoms with Crippen LogP contribution in [0, 0.1) is 34.0 Å². The summed E-state index contributed by atoms with van der Waals surface area (Å²) in [7, 11) is 0.